The van der Waals surface area contributed by atoms with Crippen molar-refractivity contribution in [2.24, 2.45) is 0 Å². The summed E-state index contributed by atoms with van der Waals surface area (Å²) < 4.78 is 10.8. The van der Waals surface area contributed by atoms with E-state index in [1.54, 1.807) is 18.2 Å². The number of carbonyl (C=O) groups is 4. The second-order valence-corrected chi connectivity index (χ2v) is 8.70. The maximum Gasteiger partial charge on any atom is 0.349 e. The van der Waals surface area contributed by atoms with Crippen molar-refractivity contribution in [3.05, 3.63) is 98.4 Å². The van der Waals surface area contributed by atoms with Crippen molar-refractivity contribution in [1.29, 1.82) is 0 Å². The van der Waals surface area contributed by atoms with Crippen molar-refractivity contribution in [3.8, 4) is 0 Å². The number of carboxylic acid groups (broad SMARTS) is 1. The van der Waals surface area contributed by atoms with E-state index >= 15 is 0 Å². The molecule has 0 aliphatic rings. The number of anilines is 1. The van der Waals surface area contributed by atoms with Crippen LogP contribution in [-0.2, 0) is 19.1 Å². The van der Waals surface area contributed by atoms with E-state index in [0.717, 1.165) is 0 Å². The van der Waals surface area contributed by atoms with Gasteiger partial charge in [0.2, 0.25) is 12.2 Å². The minimum atomic E-state index is -2.17. The van der Waals surface area contributed by atoms with E-state index in [4.69, 9.17) is 32.7 Å². The standard InChI is InChI=1S/C24H16BrCl2NO7/c25-17-3-1-2-4-18(17)28-21(29)19(34-23(32)13-5-9-15(26)10-6-13)20(22(30)31)35-24(33)14-7-11-16(27)12-8-14/h1-12,19-20H,(H,28,29)(H,30,31)/t19-,20+/m0/s1. The first-order valence-corrected chi connectivity index (χ1v) is 11.4. The summed E-state index contributed by atoms with van der Waals surface area (Å²) in [5, 5.41) is 13.0. The third-order valence-electron chi connectivity index (χ3n) is 4.54. The van der Waals surface area contributed by atoms with Crippen LogP contribution in [0.4, 0.5) is 5.69 Å². The second-order valence-electron chi connectivity index (χ2n) is 6.97. The normalized spacial score (nSPS) is 12.2. The highest BCUT2D eigenvalue weighted by Crippen LogP contribution is 2.23. The van der Waals surface area contributed by atoms with Crippen LogP contribution in [0.1, 0.15) is 20.7 Å². The molecular weight excluding hydrogens is 565 g/mol. The van der Waals surface area contributed by atoms with Gasteiger partial charge in [-0.1, -0.05) is 35.3 Å². The minimum Gasteiger partial charge on any atom is -0.478 e. The number of benzene rings is 3. The fourth-order valence-electron chi connectivity index (χ4n) is 2.80. The van der Waals surface area contributed by atoms with Gasteiger partial charge in [-0.05, 0) is 76.6 Å². The maximum atomic E-state index is 13.1. The average molecular weight is 581 g/mol. The Morgan fingerprint density at radius 2 is 1.20 bits per heavy atom. The van der Waals surface area contributed by atoms with Crippen molar-refractivity contribution >= 4 is 68.6 Å². The quantitative estimate of drug-likeness (QED) is 0.350. The van der Waals surface area contributed by atoms with Gasteiger partial charge in [0.15, 0.2) is 0 Å². The molecule has 3 aromatic rings. The Bertz CT molecular complexity index is 1250. The van der Waals surface area contributed by atoms with Crippen LogP contribution < -0.4 is 5.32 Å². The largest absolute Gasteiger partial charge is 0.478 e. The highest BCUT2D eigenvalue weighted by molar-refractivity contribution is 9.10. The molecule has 0 bridgehead atoms. The third kappa shape index (κ3) is 7.05. The number of halogens is 3. The molecule has 2 N–H and O–H groups in total. The Labute approximate surface area is 217 Å². The molecule has 0 unspecified atom stereocenters. The van der Waals surface area contributed by atoms with E-state index in [1.165, 1.54) is 54.6 Å². The summed E-state index contributed by atoms with van der Waals surface area (Å²) in [4.78, 5) is 50.4. The highest BCUT2D eigenvalue weighted by atomic mass is 79.9. The summed E-state index contributed by atoms with van der Waals surface area (Å²) in [5.41, 5.74) is 0.258. The summed E-state index contributed by atoms with van der Waals surface area (Å²) in [6, 6.07) is 17.5. The molecule has 3 rings (SSSR count). The molecule has 0 radical (unpaired) electrons. The molecule has 0 aromatic heterocycles. The first-order chi connectivity index (χ1) is 16.7. The number of ether oxygens (including phenoxy) is 2. The van der Waals surface area contributed by atoms with Crippen LogP contribution in [0, 0.1) is 0 Å². The molecule has 0 aliphatic heterocycles. The van der Waals surface area contributed by atoms with Crippen molar-refractivity contribution in [2.45, 2.75) is 12.2 Å². The molecule has 2 atom stereocenters. The van der Waals surface area contributed by atoms with Gasteiger partial charge >= 0.3 is 17.9 Å². The lowest BCUT2D eigenvalue weighted by Crippen LogP contribution is -2.48. The van der Waals surface area contributed by atoms with Crippen molar-refractivity contribution in [2.75, 3.05) is 5.32 Å². The zero-order valence-corrected chi connectivity index (χ0v) is 20.7. The van der Waals surface area contributed by atoms with Gasteiger partial charge in [-0.25, -0.2) is 14.4 Å². The molecule has 11 heteroatoms. The fourth-order valence-corrected chi connectivity index (χ4v) is 3.44. The fraction of sp³-hybridized carbons (Fsp3) is 0.0833. The topological polar surface area (TPSA) is 119 Å². The van der Waals surface area contributed by atoms with Gasteiger partial charge in [-0.2, -0.15) is 0 Å². The molecule has 8 nitrogen and oxygen atoms in total. The van der Waals surface area contributed by atoms with Gasteiger partial charge < -0.3 is 19.9 Å². The second kappa shape index (κ2) is 11.8. The first-order valence-electron chi connectivity index (χ1n) is 9.87. The zero-order chi connectivity index (χ0) is 25.5. The minimum absolute atomic E-state index is 0.00117. The van der Waals surface area contributed by atoms with Gasteiger partial charge in [0, 0.05) is 14.5 Å². The first kappa shape index (κ1) is 26.2. The smallest absolute Gasteiger partial charge is 0.349 e. The Kier molecular flexibility index (Phi) is 8.86. The lowest BCUT2D eigenvalue weighted by atomic mass is 10.1. The molecule has 0 heterocycles. The monoisotopic (exact) mass is 579 g/mol. The molecule has 35 heavy (non-hydrogen) atoms. The van der Waals surface area contributed by atoms with E-state index in [2.05, 4.69) is 21.2 Å². The van der Waals surface area contributed by atoms with E-state index in [1.807, 2.05) is 0 Å². The van der Waals surface area contributed by atoms with E-state index in [9.17, 15) is 24.3 Å². The van der Waals surface area contributed by atoms with Crippen LogP contribution in [0.5, 0.6) is 0 Å². The average Bonchev–Trinajstić information content (AvgIpc) is 2.83. The number of rotatable bonds is 8. The predicted molar refractivity (Wildman–Crippen MR) is 132 cm³/mol. The molecule has 180 valence electrons. The number of nitrogens with one attached hydrogen (secondary N) is 1. The number of para-hydroxylation sites is 1. The van der Waals surface area contributed by atoms with Crippen LogP contribution in [0.15, 0.2) is 77.3 Å². The Morgan fingerprint density at radius 3 is 1.66 bits per heavy atom. The number of esters is 2. The van der Waals surface area contributed by atoms with Crippen LogP contribution in [0.2, 0.25) is 10.0 Å². The number of carboxylic acids is 1. The van der Waals surface area contributed by atoms with Crippen molar-refractivity contribution in [1.82, 2.24) is 0 Å². The molecule has 0 aliphatic carbocycles. The molecule has 0 spiro atoms. The van der Waals surface area contributed by atoms with Crippen LogP contribution >= 0.6 is 39.1 Å². The molecular formula is C24H16BrCl2NO7. The van der Waals surface area contributed by atoms with Gasteiger partial charge in [0.25, 0.3) is 5.91 Å². The van der Waals surface area contributed by atoms with Crippen LogP contribution in [0.3, 0.4) is 0 Å². The maximum absolute atomic E-state index is 13.1. The molecule has 0 saturated heterocycles. The van der Waals surface area contributed by atoms with Crippen LogP contribution in [-0.4, -0.2) is 41.1 Å². The Hall–Kier alpha value is -3.40. The lowest BCUT2D eigenvalue weighted by molar-refractivity contribution is -0.157. The van der Waals surface area contributed by atoms with Crippen molar-refractivity contribution < 1.29 is 33.8 Å². The Morgan fingerprint density at radius 1 is 0.743 bits per heavy atom. The number of amides is 1. The lowest BCUT2D eigenvalue weighted by Gasteiger charge is -2.24. The number of aliphatic carboxylic acids is 1. The van der Waals surface area contributed by atoms with Gasteiger partial charge in [0.1, 0.15) is 0 Å². The molecule has 1 amide bonds. The SMILES string of the molecule is O=C(O[C@H](C(=O)Nc1ccccc1Br)[C@@H](OC(=O)c1ccc(Cl)cc1)C(=O)O)c1ccc(Cl)cc1. The summed E-state index contributed by atoms with van der Waals surface area (Å²) in [6.07, 6.45) is -4.21. The Balaban J connectivity index is 1.91. The third-order valence-corrected chi connectivity index (χ3v) is 5.73. The molecule has 0 saturated carbocycles. The van der Waals surface area contributed by atoms with Crippen LogP contribution in [0.25, 0.3) is 0 Å². The van der Waals surface area contributed by atoms with E-state index in [0.29, 0.717) is 14.5 Å². The van der Waals surface area contributed by atoms with E-state index < -0.39 is 36.0 Å². The molecule has 0 fully saturated rings. The number of hydrogen-bond donors (Lipinski definition) is 2. The summed E-state index contributed by atoms with van der Waals surface area (Å²) in [6.45, 7) is 0. The summed E-state index contributed by atoms with van der Waals surface area (Å²) in [5.74, 6) is -4.82. The zero-order valence-electron chi connectivity index (χ0n) is 17.6. The summed E-state index contributed by atoms with van der Waals surface area (Å²) in [7, 11) is 0. The van der Waals surface area contributed by atoms with Gasteiger partial charge in [0.05, 0.1) is 16.8 Å². The van der Waals surface area contributed by atoms with Gasteiger partial charge in [-0.15, -0.1) is 0 Å². The highest BCUT2D eigenvalue weighted by Gasteiger charge is 2.41. The number of hydrogen-bond acceptors (Lipinski definition) is 6. The summed E-state index contributed by atoms with van der Waals surface area (Å²) >= 11 is 14.9. The van der Waals surface area contributed by atoms with Crippen molar-refractivity contribution in [3.63, 3.8) is 0 Å². The van der Waals surface area contributed by atoms with Gasteiger partial charge in [-0.3, -0.25) is 4.79 Å². The van der Waals surface area contributed by atoms with E-state index in [-0.39, 0.29) is 16.8 Å². The molecule has 3 aromatic carbocycles. The predicted octanol–water partition coefficient (Wildman–Crippen LogP) is 5.23. The number of carbonyl (C=O) groups excluding carboxylic acids is 3.